The van der Waals surface area contributed by atoms with E-state index < -0.39 is 0 Å². The van der Waals surface area contributed by atoms with E-state index in [-0.39, 0.29) is 0 Å². The Morgan fingerprint density at radius 3 is 2.67 bits per heavy atom. The van der Waals surface area contributed by atoms with E-state index in [9.17, 15) is 0 Å². The third kappa shape index (κ3) is 2.62. The first-order valence-electron chi connectivity index (χ1n) is 8.48. The summed E-state index contributed by atoms with van der Waals surface area (Å²) >= 11 is 0. The molecule has 2 fully saturated rings. The fourth-order valence-electron chi connectivity index (χ4n) is 3.97. The highest BCUT2D eigenvalue weighted by atomic mass is 16.5. The van der Waals surface area contributed by atoms with Crippen LogP contribution in [-0.2, 0) is 19.4 Å². The molecule has 3 heterocycles. The molecule has 21 heavy (non-hydrogen) atoms. The van der Waals surface area contributed by atoms with E-state index in [0.717, 1.165) is 24.8 Å². The molecule has 2 saturated heterocycles. The van der Waals surface area contributed by atoms with Gasteiger partial charge in [0.15, 0.2) is 0 Å². The molecule has 0 spiro atoms. The van der Waals surface area contributed by atoms with Crippen molar-refractivity contribution in [3.63, 3.8) is 0 Å². The molecule has 1 aliphatic carbocycles. The molecule has 0 bridgehead atoms. The predicted octanol–water partition coefficient (Wildman–Crippen LogP) is 0.985. The number of fused-ring (bicyclic) bond motifs is 1. The third-order valence-electron chi connectivity index (χ3n) is 5.46. The van der Waals surface area contributed by atoms with Gasteiger partial charge < -0.3 is 9.42 Å². The zero-order valence-electron chi connectivity index (χ0n) is 13.1. The van der Waals surface area contributed by atoms with Crippen molar-refractivity contribution >= 4 is 0 Å². The molecule has 0 amide bonds. The quantitative estimate of drug-likeness (QED) is 0.826. The topological polar surface area (TPSA) is 35.8 Å². The number of rotatable bonds is 4. The van der Waals surface area contributed by atoms with Gasteiger partial charge in [0, 0.05) is 63.8 Å². The van der Waals surface area contributed by atoms with Crippen molar-refractivity contribution in [3.05, 3.63) is 17.0 Å². The van der Waals surface area contributed by atoms with Crippen LogP contribution in [0, 0.1) is 0 Å². The van der Waals surface area contributed by atoms with Crippen LogP contribution in [0.4, 0.5) is 0 Å². The van der Waals surface area contributed by atoms with Crippen LogP contribution in [-0.4, -0.2) is 71.7 Å². The van der Waals surface area contributed by atoms with Gasteiger partial charge in [0.2, 0.25) is 0 Å². The number of piperazine rings is 1. The van der Waals surface area contributed by atoms with E-state index in [0.29, 0.717) is 0 Å². The molecule has 0 saturated carbocycles. The number of hydrogen-bond donors (Lipinski definition) is 0. The van der Waals surface area contributed by atoms with E-state index in [1.807, 2.05) is 0 Å². The van der Waals surface area contributed by atoms with Crippen molar-refractivity contribution in [2.45, 2.75) is 38.8 Å². The summed E-state index contributed by atoms with van der Waals surface area (Å²) in [5.41, 5.74) is 2.62. The smallest absolute Gasteiger partial charge is 0.140 e. The standard InChI is InChI=1S/C16H26N4O/c1-2-18-6-8-20(9-7-18)13-10-19(11-13)12-15-14-4-3-5-16(14)21-17-15/h13H,2-12H2,1H3. The van der Waals surface area contributed by atoms with Crippen LogP contribution in [0.5, 0.6) is 0 Å². The van der Waals surface area contributed by atoms with Crippen LogP contribution in [0.25, 0.3) is 0 Å². The third-order valence-corrected chi connectivity index (χ3v) is 5.46. The number of likely N-dealkylation sites (N-methyl/N-ethyl adjacent to an activating group) is 1. The maximum absolute atomic E-state index is 5.45. The molecule has 0 unspecified atom stereocenters. The van der Waals surface area contributed by atoms with Gasteiger partial charge in [-0.05, 0) is 19.4 Å². The normalized spacial score (nSPS) is 25.2. The van der Waals surface area contributed by atoms with Crippen molar-refractivity contribution in [2.75, 3.05) is 45.8 Å². The van der Waals surface area contributed by atoms with Gasteiger partial charge in [-0.2, -0.15) is 0 Å². The lowest BCUT2D eigenvalue weighted by atomic mass is 10.0. The van der Waals surface area contributed by atoms with Crippen molar-refractivity contribution < 1.29 is 4.52 Å². The molecule has 0 N–H and O–H groups in total. The first-order valence-corrected chi connectivity index (χ1v) is 8.48. The molecule has 2 aliphatic heterocycles. The molecule has 4 rings (SSSR count). The summed E-state index contributed by atoms with van der Waals surface area (Å²) in [5.74, 6) is 1.15. The Labute approximate surface area is 126 Å². The lowest BCUT2D eigenvalue weighted by Gasteiger charge is -2.48. The Kier molecular flexibility index (Phi) is 3.73. The molecule has 0 aromatic carbocycles. The Morgan fingerprint density at radius 1 is 1.10 bits per heavy atom. The average molecular weight is 290 g/mol. The molecule has 0 radical (unpaired) electrons. The van der Waals surface area contributed by atoms with E-state index in [1.54, 1.807) is 0 Å². The molecule has 1 aromatic heterocycles. The van der Waals surface area contributed by atoms with Crippen LogP contribution in [0.2, 0.25) is 0 Å². The highest BCUT2D eigenvalue weighted by molar-refractivity contribution is 5.27. The second-order valence-electron chi connectivity index (χ2n) is 6.70. The van der Waals surface area contributed by atoms with E-state index in [1.165, 1.54) is 69.9 Å². The van der Waals surface area contributed by atoms with Crippen LogP contribution in [0.1, 0.15) is 30.4 Å². The minimum Gasteiger partial charge on any atom is -0.361 e. The highest BCUT2D eigenvalue weighted by Gasteiger charge is 2.34. The minimum atomic E-state index is 0.768. The van der Waals surface area contributed by atoms with Gasteiger partial charge in [-0.25, -0.2) is 0 Å². The Balaban J connectivity index is 1.26. The average Bonchev–Trinajstić information content (AvgIpc) is 3.07. The Bertz CT molecular complexity index is 486. The van der Waals surface area contributed by atoms with Crippen molar-refractivity contribution in [3.8, 4) is 0 Å². The number of aryl methyl sites for hydroxylation is 1. The molecular formula is C16H26N4O. The fraction of sp³-hybridized carbons (Fsp3) is 0.812. The minimum absolute atomic E-state index is 0.768. The first kappa shape index (κ1) is 13.7. The van der Waals surface area contributed by atoms with Crippen molar-refractivity contribution in [1.82, 2.24) is 19.9 Å². The first-order chi connectivity index (χ1) is 10.3. The van der Waals surface area contributed by atoms with Crippen LogP contribution < -0.4 is 0 Å². The number of hydrogen-bond acceptors (Lipinski definition) is 5. The van der Waals surface area contributed by atoms with Crippen LogP contribution >= 0.6 is 0 Å². The fourth-order valence-corrected chi connectivity index (χ4v) is 3.97. The number of aromatic nitrogens is 1. The van der Waals surface area contributed by atoms with Crippen LogP contribution in [0.15, 0.2) is 4.52 Å². The summed E-state index contributed by atoms with van der Waals surface area (Å²) in [6, 6.07) is 0.768. The summed E-state index contributed by atoms with van der Waals surface area (Å²) in [6.07, 6.45) is 3.51. The Morgan fingerprint density at radius 2 is 1.90 bits per heavy atom. The molecule has 3 aliphatic rings. The SMILES string of the molecule is CCN1CCN(C2CN(Cc3noc4c3CCC4)C2)CC1. The molecular weight excluding hydrogens is 264 g/mol. The lowest BCUT2D eigenvalue weighted by Crippen LogP contribution is -2.62. The Hall–Kier alpha value is -0.910. The second-order valence-corrected chi connectivity index (χ2v) is 6.70. The van der Waals surface area contributed by atoms with Gasteiger partial charge in [0.1, 0.15) is 11.5 Å². The predicted molar refractivity (Wildman–Crippen MR) is 81.3 cm³/mol. The summed E-state index contributed by atoms with van der Waals surface area (Å²) in [7, 11) is 0. The molecule has 5 heteroatoms. The van der Waals surface area contributed by atoms with Crippen LogP contribution in [0.3, 0.4) is 0 Å². The van der Waals surface area contributed by atoms with Gasteiger partial charge in [-0.15, -0.1) is 0 Å². The molecule has 0 atom stereocenters. The maximum Gasteiger partial charge on any atom is 0.140 e. The van der Waals surface area contributed by atoms with E-state index in [2.05, 4.69) is 26.8 Å². The number of likely N-dealkylation sites (tertiary alicyclic amines) is 1. The van der Waals surface area contributed by atoms with E-state index in [4.69, 9.17) is 4.52 Å². The summed E-state index contributed by atoms with van der Waals surface area (Å²) in [5, 5.41) is 4.28. The van der Waals surface area contributed by atoms with Crippen molar-refractivity contribution in [2.24, 2.45) is 0 Å². The van der Waals surface area contributed by atoms with Gasteiger partial charge in [0.25, 0.3) is 0 Å². The second kappa shape index (κ2) is 5.71. The van der Waals surface area contributed by atoms with Crippen molar-refractivity contribution in [1.29, 1.82) is 0 Å². The highest BCUT2D eigenvalue weighted by Crippen LogP contribution is 2.27. The molecule has 116 valence electrons. The monoisotopic (exact) mass is 290 g/mol. The summed E-state index contributed by atoms with van der Waals surface area (Å²) in [6.45, 7) is 11.8. The zero-order chi connectivity index (χ0) is 14.2. The molecule has 5 nitrogen and oxygen atoms in total. The van der Waals surface area contributed by atoms with Gasteiger partial charge in [-0.3, -0.25) is 9.80 Å². The van der Waals surface area contributed by atoms with E-state index >= 15 is 0 Å². The zero-order valence-corrected chi connectivity index (χ0v) is 13.1. The summed E-state index contributed by atoms with van der Waals surface area (Å²) < 4.78 is 5.45. The largest absolute Gasteiger partial charge is 0.361 e. The summed E-state index contributed by atoms with van der Waals surface area (Å²) in [4.78, 5) is 7.74. The lowest BCUT2D eigenvalue weighted by molar-refractivity contribution is 0.00110. The van der Waals surface area contributed by atoms with Gasteiger partial charge in [0.05, 0.1) is 0 Å². The van der Waals surface area contributed by atoms with Gasteiger partial charge >= 0.3 is 0 Å². The maximum atomic E-state index is 5.45. The molecule has 1 aromatic rings. The number of nitrogens with zero attached hydrogens (tertiary/aromatic N) is 4. The van der Waals surface area contributed by atoms with Gasteiger partial charge in [-0.1, -0.05) is 12.1 Å².